The Kier molecular flexibility index (Phi) is 7.38. The van der Waals surface area contributed by atoms with E-state index >= 15 is 0 Å². The molecule has 0 radical (unpaired) electrons. The maximum Gasteiger partial charge on any atom is 0.328 e. The van der Waals surface area contributed by atoms with Crippen LogP contribution in [0.3, 0.4) is 0 Å². The molecule has 1 atom stereocenters. The van der Waals surface area contributed by atoms with Gasteiger partial charge in [0.25, 0.3) is 5.91 Å². The molecule has 1 amide bonds. The van der Waals surface area contributed by atoms with E-state index in [1.807, 2.05) is 4.90 Å². The summed E-state index contributed by atoms with van der Waals surface area (Å²) in [6, 6.07) is 12.1. The van der Waals surface area contributed by atoms with Crippen LogP contribution in [0.2, 0.25) is 10.0 Å². The Morgan fingerprint density at radius 2 is 1.79 bits per heavy atom. The number of amides is 1. The summed E-state index contributed by atoms with van der Waals surface area (Å²) in [5.74, 6) is -0.993. The van der Waals surface area contributed by atoms with Gasteiger partial charge in [0.05, 0.1) is 21.6 Å². The van der Waals surface area contributed by atoms with Crippen LogP contribution in [0.15, 0.2) is 71.9 Å². The molecule has 1 saturated carbocycles. The molecule has 1 unspecified atom stereocenters. The van der Waals surface area contributed by atoms with Crippen molar-refractivity contribution in [2.75, 3.05) is 24.5 Å². The van der Waals surface area contributed by atoms with Gasteiger partial charge in [-0.1, -0.05) is 53.1 Å². The molecule has 4 aromatic rings. The number of fused-ring (bicyclic) bond motifs is 1. The lowest BCUT2D eigenvalue weighted by Crippen LogP contribution is -2.55. The molecule has 1 aliphatic carbocycles. The van der Waals surface area contributed by atoms with Gasteiger partial charge in [-0.25, -0.2) is 4.79 Å². The van der Waals surface area contributed by atoms with E-state index in [9.17, 15) is 14.4 Å². The summed E-state index contributed by atoms with van der Waals surface area (Å²) in [6.07, 6.45) is 7.51. The first kappa shape index (κ1) is 27.8. The summed E-state index contributed by atoms with van der Waals surface area (Å²) in [5, 5.41) is 14.8. The molecule has 1 saturated heterocycles. The van der Waals surface area contributed by atoms with Gasteiger partial charge in [0, 0.05) is 42.9 Å². The molecule has 3 heterocycles. The number of rotatable bonds is 7. The third-order valence-corrected chi connectivity index (χ3v) is 8.44. The second-order valence-electron chi connectivity index (χ2n) is 10.3. The zero-order valence-electron chi connectivity index (χ0n) is 22.4. The van der Waals surface area contributed by atoms with E-state index in [0.29, 0.717) is 57.6 Å². The molecule has 2 aromatic carbocycles. The summed E-state index contributed by atoms with van der Waals surface area (Å²) in [4.78, 5) is 41.9. The molecule has 0 bridgehead atoms. The Bertz CT molecular complexity index is 1750. The number of anilines is 1. The van der Waals surface area contributed by atoms with E-state index in [-0.39, 0.29) is 29.1 Å². The maximum absolute atomic E-state index is 14.5. The molecular weight excluding hydrogens is 579 g/mol. The quantitative estimate of drug-likeness (QED) is 0.257. The number of carboxylic acid groups (broad SMARTS) is 1. The van der Waals surface area contributed by atoms with Crippen LogP contribution in [-0.2, 0) is 9.59 Å². The third-order valence-electron chi connectivity index (χ3n) is 7.81. The fraction of sp³-hybridized carbons (Fsp3) is 0.226. The Balaban J connectivity index is 1.50. The smallest absolute Gasteiger partial charge is 0.328 e. The Morgan fingerprint density at radius 3 is 2.48 bits per heavy atom. The minimum absolute atomic E-state index is 0.0779. The van der Waals surface area contributed by atoms with Gasteiger partial charge in [0.1, 0.15) is 11.3 Å². The fourth-order valence-electron chi connectivity index (χ4n) is 5.64. The number of carboxylic acids is 1. The number of hydrogen-bond donors (Lipinski definition) is 1. The van der Waals surface area contributed by atoms with E-state index in [1.54, 1.807) is 53.6 Å². The highest BCUT2D eigenvalue weighted by atomic mass is 35.5. The highest BCUT2D eigenvalue weighted by molar-refractivity contribution is 6.39. The van der Waals surface area contributed by atoms with Gasteiger partial charge in [-0.05, 0) is 60.7 Å². The van der Waals surface area contributed by atoms with Crippen LogP contribution < -0.4 is 4.90 Å². The standard InChI is InChI=1S/C31H26Cl2N4O5/c1-2-25(38)35-15-16-37(24(17-35)19-9-10-19)31-28(29(34-42-31)27-21(32)6-4-7-22(27)33)30(41)36-14-13-20-18(11-12-26(39)40)5-3-8-23(20)36/h2-8,11-14,19,24H,1,9-10,15-17H2,(H,39,40)/b12-11+. The first-order chi connectivity index (χ1) is 20.3. The topological polar surface area (TPSA) is 109 Å². The van der Waals surface area contributed by atoms with Crippen molar-refractivity contribution in [2.24, 2.45) is 5.92 Å². The van der Waals surface area contributed by atoms with Crippen LogP contribution >= 0.6 is 23.2 Å². The minimum atomic E-state index is -1.07. The molecule has 1 aliphatic heterocycles. The SMILES string of the molecule is C=CC(=O)N1CCN(c2onc(-c3c(Cl)cccc3Cl)c2C(=O)n2ccc3c(/C=C/C(=O)O)cccc32)C(C2CC2)C1. The first-order valence-electron chi connectivity index (χ1n) is 13.5. The summed E-state index contributed by atoms with van der Waals surface area (Å²) in [5.41, 5.74) is 2.02. The molecule has 1 N–H and O–H groups in total. The normalized spacial score (nSPS) is 17.2. The monoisotopic (exact) mass is 604 g/mol. The summed E-state index contributed by atoms with van der Waals surface area (Å²) in [7, 11) is 0. The van der Waals surface area contributed by atoms with Crippen molar-refractivity contribution in [3.8, 4) is 11.3 Å². The number of nitrogens with zero attached hydrogens (tertiary/aromatic N) is 4. The molecule has 9 nitrogen and oxygen atoms in total. The van der Waals surface area contributed by atoms with E-state index in [1.165, 1.54) is 16.7 Å². The van der Waals surface area contributed by atoms with Crippen LogP contribution in [0.4, 0.5) is 5.88 Å². The summed E-state index contributed by atoms with van der Waals surface area (Å²) in [6.45, 7) is 4.96. The van der Waals surface area contributed by atoms with Crippen LogP contribution in [0.5, 0.6) is 0 Å². The molecule has 214 valence electrons. The lowest BCUT2D eigenvalue weighted by atomic mass is 10.0. The lowest BCUT2D eigenvalue weighted by Gasteiger charge is -2.41. The first-order valence-corrected chi connectivity index (χ1v) is 14.2. The number of benzene rings is 2. The molecule has 6 rings (SSSR count). The third kappa shape index (κ3) is 4.99. The lowest BCUT2D eigenvalue weighted by molar-refractivity contribution is -0.131. The van der Waals surface area contributed by atoms with Crippen LogP contribution in [0, 0.1) is 5.92 Å². The number of carbonyl (C=O) groups is 3. The fourth-order valence-corrected chi connectivity index (χ4v) is 6.21. The van der Waals surface area contributed by atoms with Gasteiger partial charge in [-0.3, -0.25) is 14.2 Å². The predicted octanol–water partition coefficient (Wildman–Crippen LogP) is 6.00. The molecular formula is C31H26Cl2N4O5. The zero-order valence-corrected chi connectivity index (χ0v) is 23.9. The maximum atomic E-state index is 14.5. The molecule has 2 aromatic heterocycles. The molecule has 42 heavy (non-hydrogen) atoms. The highest BCUT2D eigenvalue weighted by Crippen LogP contribution is 2.44. The van der Waals surface area contributed by atoms with Gasteiger partial charge in [-0.2, -0.15) is 0 Å². The van der Waals surface area contributed by atoms with E-state index < -0.39 is 11.9 Å². The van der Waals surface area contributed by atoms with Crippen molar-refractivity contribution in [2.45, 2.75) is 18.9 Å². The van der Waals surface area contributed by atoms with Gasteiger partial charge in [-0.15, -0.1) is 0 Å². The van der Waals surface area contributed by atoms with Crippen molar-refractivity contribution in [1.29, 1.82) is 0 Å². The number of hydrogen-bond acceptors (Lipinski definition) is 6. The molecule has 11 heteroatoms. The Hall–Kier alpha value is -4.34. The predicted molar refractivity (Wildman–Crippen MR) is 161 cm³/mol. The van der Waals surface area contributed by atoms with Crippen LogP contribution in [-0.4, -0.2) is 63.2 Å². The van der Waals surface area contributed by atoms with Crippen molar-refractivity contribution in [3.05, 3.63) is 88.6 Å². The number of halogens is 2. The van der Waals surface area contributed by atoms with Crippen LogP contribution in [0.1, 0.15) is 28.8 Å². The number of carbonyl (C=O) groups excluding carboxylic acids is 2. The minimum Gasteiger partial charge on any atom is -0.478 e. The van der Waals surface area contributed by atoms with Gasteiger partial charge >= 0.3 is 5.97 Å². The molecule has 0 spiro atoms. The summed E-state index contributed by atoms with van der Waals surface area (Å²) >= 11 is 13.2. The van der Waals surface area contributed by atoms with E-state index in [4.69, 9.17) is 32.8 Å². The number of piperazine rings is 1. The largest absolute Gasteiger partial charge is 0.478 e. The van der Waals surface area contributed by atoms with Crippen LogP contribution in [0.25, 0.3) is 28.2 Å². The number of aliphatic carboxylic acids is 1. The van der Waals surface area contributed by atoms with E-state index in [0.717, 1.165) is 18.9 Å². The van der Waals surface area contributed by atoms with Crippen molar-refractivity contribution >= 4 is 63.8 Å². The van der Waals surface area contributed by atoms with Crippen molar-refractivity contribution in [3.63, 3.8) is 0 Å². The van der Waals surface area contributed by atoms with Gasteiger partial charge < -0.3 is 19.4 Å². The highest BCUT2D eigenvalue weighted by Gasteiger charge is 2.43. The Morgan fingerprint density at radius 1 is 1.05 bits per heavy atom. The summed E-state index contributed by atoms with van der Waals surface area (Å²) < 4.78 is 7.46. The average molecular weight is 605 g/mol. The second kappa shape index (κ2) is 11.2. The zero-order chi connectivity index (χ0) is 29.5. The number of aromatic nitrogens is 2. The molecule has 2 aliphatic rings. The van der Waals surface area contributed by atoms with Gasteiger partial charge in [0.15, 0.2) is 0 Å². The van der Waals surface area contributed by atoms with E-state index in [2.05, 4.69) is 11.7 Å². The second-order valence-corrected chi connectivity index (χ2v) is 11.2. The van der Waals surface area contributed by atoms with Crippen molar-refractivity contribution < 1.29 is 24.0 Å². The van der Waals surface area contributed by atoms with Gasteiger partial charge in [0.2, 0.25) is 11.8 Å². The average Bonchev–Trinajstić information content (AvgIpc) is 3.60. The Labute approximate surface area is 251 Å². The molecule has 2 fully saturated rings. The van der Waals surface area contributed by atoms with Crippen molar-refractivity contribution in [1.82, 2.24) is 14.6 Å².